The van der Waals surface area contributed by atoms with Crippen molar-refractivity contribution >= 4 is 18.8 Å². The number of nitrogens with two attached hydrogens (primary N) is 2. The fraction of sp³-hybridized carbons (Fsp3) is 1.00. The predicted molar refractivity (Wildman–Crippen MR) is 61.4 cm³/mol. The van der Waals surface area contributed by atoms with Crippen molar-refractivity contribution in [3.05, 3.63) is 0 Å². The van der Waals surface area contributed by atoms with Crippen LogP contribution in [0, 0.1) is 11.8 Å². The fourth-order valence-electron chi connectivity index (χ4n) is 2.81. The maximum atomic E-state index is 6.21. The molecule has 2 rings (SSSR count). The SMILES string of the molecule is NCC1(N)CCC2CCC1C2.O.[Cl][Pt][Cl]. The predicted octanol–water partition coefficient (Wildman–Crippen LogP) is 1.40. The van der Waals surface area contributed by atoms with Crippen LogP contribution in [0.2, 0.25) is 0 Å². The Hall–Kier alpha value is 1.15. The molecule has 2 bridgehead atoms. The summed E-state index contributed by atoms with van der Waals surface area (Å²) in [5, 5.41) is 0. The monoisotopic (exact) mass is 437 g/mol. The number of fused-ring (bicyclic) bond motifs is 2. The van der Waals surface area contributed by atoms with Crippen molar-refractivity contribution in [3.8, 4) is 0 Å². The first-order chi connectivity index (χ1) is 6.66. The number of halogens is 2. The summed E-state index contributed by atoms with van der Waals surface area (Å²) in [4.78, 5) is 0. The van der Waals surface area contributed by atoms with Gasteiger partial charge in [-0.3, -0.25) is 0 Å². The molecule has 0 aromatic heterocycles. The number of rotatable bonds is 1. The van der Waals surface area contributed by atoms with E-state index >= 15 is 0 Å². The molecule has 0 spiro atoms. The van der Waals surface area contributed by atoms with Crippen LogP contribution in [0.1, 0.15) is 32.1 Å². The van der Waals surface area contributed by atoms with E-state index in [0.717, 1.165) is 11.8 Å². The molecule has 3 atom stereocenters. The van der Waals surface area contributed by atoms with E-state index in [2.05, 4.69) is 0 Å². The molecule has 0 radical (unpaired) electrons. The van der Waals surface area contributed by atoms with Gasteiger partial charge in [-0.2, -0.15) is 0 Å². The standard InChI is InChI=1S/C9H18N2.2ClH.H2O.Pt/c10-6-9(11)4-3-7-1-2-8(9)5-7;;;;/h7-8H,1-6,10-11H2;2*1H;1H2;/q;;;;+2/p-2. The molecule has 0 amide bonds. The van der Waals surface area contributed by atoms with Crippen LogP contribution in [0.3, 0.4) is 0 Å². The molecular weight excluding hydrogens is 418 g/mol. The normalized spacial score (nSPS) is 37.9. The summed E-state index contributed by atoms with van der Waals surface area (Å²) < 4.78 is 0. The number of hydrogen-bond acceptors (Lipinski definition) is 2. The van der Waals surface area contributed by atoms with Crippen molar-refractivity contribution in [2.75, 3.05) is 6.54 Å². The van der Waals surface area contributed by atoms with E-state index in [1.54, 1.807) is 0 Å². The van der Waals surface area contributed by atoms with Gasteiger partial charge in [-0.25, -0.2) is 0 Å². The molecule has 3 unspecified atom stereocenters. The van der Waals surface area contributed by atoms with Gasteiger partial charge >= 0.3 is 35.3 Å². The minimum absolute atomic E-state index is 0. The van der Waals surface area contributed by atoms with Crippen LogP contribution in [0.15, 0.2) is 0 Å². The Balaban J connectivity index is 0.000000443. The summed E-state index contributed by atoms with van der Waals surface area (Å²) in [7, 11) is 9.75. The van der Waals surface area contributed by atoms with E-state index in [1.165, 1.54) is 32.1 Å². The Bertz CT molecular complexity index is 187. The van der Waals surface area contributed by atoms with Gasteiger partial charge in [0.25, 0.3) is 0 Å². The second kappa shape index (κ2) is 7.47. The topological polar surface area (TPSA) is 83.5 Å². The van der Waals surface area contributed by atoms with E-state index < -0.39 is 16.5 Å². The van der Waals surface area contributed by atoms with Gasteiger partial charge in [0.15, 0.2) is 0 Å². The quantitative estimate of drug-likeness (QED) is 0.649. The van der Waals surface area contributed by atoms with Gasteiger partial charge in [0.05, 0.1) is 0 Å². The molecular formula is C9H20Cl2N2OPt. The van der Waals surface area contributed by atoms with Gasteiger partial charge in [0, 0.05) is 12.1 Å². The Morgan fingerprint density at radius 3 is 2.40 bits per heavy atom. The molecule has 6 heteroatoms. The first-order valence-electron chi connectivity index (χ1n) is 4.97. The molecule has 0 heterocycles. The van der Waals surface area contributed by atoms with Crippen molar-refractivity contribution in [2.45, 2.75) is 37.6 Å². The molecule has 15 heavy (non-hydrogen) atoms. The van der Waals surface area contributed by atoms with Gasteiger partial charge < -0.3 is 16.9 Å². The molecule has 2 aliphatic carbocycles. The Kier molecular flexibility index (Phi) is 8.04. The summed E-state index contributed by atoms with van der Waals surface area (Å²) in [6.45, 7) is 0.685. The van der Waals surface area contributed by atoms with Crippen LogP contribution in [0.4, 0.5) is 0 Å². The average molecular weight is 438 g/mol. The molecule has 3 nitrogen and oxygen atoms in total. The first-order valence-corrected chi connectivity index (χ1v) is 10.6. The third-order valence-corrected chi connectivity index (χ3v) is 3.75. The summed E-state index contributed by atoms with van der Waals surface area (Å²) in [6.07, 6.45) is 6.58. The third-order valence-electron chi connectivity index (χ3n) is 3.75. The van der Waals surface area contributed by atoms with Crippen molar-refractivity contribution in [2.24, 2.45) is 23.3 Å². The Morgan fingerprint density at radius 2 is 1.87 bits per heavy atom. The second-order valence-electron chi connectivity index (χ2n) is 4.40. The zero-order chi connectivity index (χ0) is 10.6. The van der Waals surface area contributed by atoms with Gasteiger partial charge in [-0.15, -0.1) is 0 Å². The average Bonchev–Trinajstić information content (AvgIpc) is 2.59. The molecule has 2 aliphatic rings. The Labute approximate surface area is 108 Å². The van der Waals surface area contributed by atoms with Gasteiger partial charge in [0.1, 0.15) is 0 Å². The third kappa shape index (κ3) is 4.14. The summed E-state index contributed by atoms with van der Waals surface area (Å²) >= 11 is -0.472. The molecule has 0 aliphatic heterocycles. The molecule has 0 aromatic rings. The second-order valence-corrected chi connectivity index (χ2v) is 7.68. The molecule has 96 valence electrons. The van der Waals surface area contributed by atoms with Crippen LogP contribution in [-0.2, 0) is 16.5 Å². The molecule has 2 fully saturated rings. The van der Waals surface area contributed by atoms with Crippen molar-refractivity contribution in [1.29, 1.82) is 0 Å². The van der Waals surface area contributed by atoms with Crippen LogP contribution >= 0.6 is 18.8 Å². The molecule has 0 aromatic carbocycles. The zero-order valence-corrected chi connectivity index (χ0v) is 12.4. The van der Waals surface area contributed by atoms with E-state index in [1.807, 2.05) is 0 Å². The van der Waals surface area contributed by atoms with Crippen LogP contribution < -0.4 is 11.5 Å². The van der Waals surface area contributed by atoms with Crippen molar-refractivity contribution in [1.82, 2.24) is 0 Å². The van der Waals surface area contributed by atoms with E-state index in [0.29, 0.717) is 6.54 Å². The zero-order valence-electron chi connectivity index (χ0n) is 8.62. The van der Waals surface area contributed by atoms with Gasteiger partial charge in [0.2, 0.25) is 0 Å². The molecule has 2 saturated carbocycles. The van der Waals surface area contributed by atoms with Gasteiger partial charge in [-0.1, -0.05) is 6.42 Å². The Morgan fingerprint density at radius 1 is 1.27 bits per heavy atom. The van der Waals surface area contributed by atoms with E-state index in [-0.39, 0.29) is 11.0 Å². The minimum atomic E-state index is -0.472. The fourth-order valence-corrected chi connectivity index (χ4v) is 2.81. The van der Waals surface area contributed by atoms with Crippen LogP contribution in [0.25, 0.3) is 0 Å². The first kappa shape index (κ1) is 16.1. The van der Waals surface area contributed by atoms with Crippen molar-refractivity contribution < 1.29 is 22.0 Å². The summed E-state index contributed by atoms with van der Waals surface area (Å²) in [5.41, 5.74) is 11.9. The maximum absolute atomic E-state index is 6.21. The summed E-state index contributed by atoms with van der Waals surface area (Å²) in [5.74, 6) is 1.73. The van der Waals surface area contributed by atoms with Crippen molar-refractivity contribution in [3.63, 3.8) is 0 Å². The molecule has 0 saturated heterocycles. The summed E-state index contributed by atoms with van der Waals surface area (Å²) in [6, 6.07) is 0. The van der Waals surface area contributed by atoms with E-state index in [9.17, 15) is 0 Å². The van der Waals surface area contributed by atoms with Crippen LogP contribution in [-0.4, -0.2) is 17.6 Å². The molecule has 6 N–H and O–H groups in total. The number of hydrogen-bond donors (Lipinski definition) is 2. The van der Waals surface area contributed by atoms with Gasteiger partial charge in [-0.05, 0) is 37.5 Å². The van der Waals surface area contributed by atoms with Crippen LogP contribution in [0.5, 0.6) is 0 Å². The van der Waals surface area contributed by atoms with E-state index in [4.69, 9.17) is 30.3 Å².